The zero-order chi connectivity index (χ0) is 15.9. The van der Waals surface area contributed by atoms with Gasteiger partial charge in [0.25, 0.3) is 5.89 Å². The molecule has 0 spiro atoms. The molecule has 1 heterocycles. The van der Waals surface area contributed by atoms with Crippen LogP contribution >= 0.6 is 0 Å². The minimum absolute atomic E-state index is 0.224. The Hall–Kier alpha value is -2.08. The summed E-state index contributed by atoms with van der Waals surface area (Å²) >= 11 is 0. The topological polar surface area (TPSA) is 69.4 Å². The maximum Gasteiger partial charge on any atom is 0.264 e. The molecule has 1 atom stereocenters. The van der Waals surface area contributed by atoms with Gasteiger partial charge in [-0.3, -0.25) is 0 Å². The Labute approximate surface area is 130 Å². The van der Waals surface area contributed by atoms with Gasteiger partial charge in [0.2, 0.25) is 0 Å². The van der Waals surface area contributed by atoms with Crippen molar-refractivity contribution in [3.05, 3.63) is 35.5 Å². The number of hydrogen-bond donors (Lipinski definition) is 1. The predicted molar refractivity (Wildman–Crippen MR) is 83.0 cm³/mol. The van der Waals surface area contributed by atoms with Gasteiger partial charge in [-0.15, -0.1) is 0 Å². The summed E-state index contributed by atoms with van der Waals surface area (Å²) in [5, 5.41) is 7.18. The monoisotopic (exact) mass is 305 g/mol. The third-order valence-electron chi connectivity index (χ3n) is 3.42. The van der Waals surface area contributed by atoms with E-state index in [1.165, 1.54) is 0 Å². The fourth-order valence-corrected chi connectivity index (χ4v) is 1.92. The van der Waals surface area contributed by atoms with Crippen molar-refractivity contribution in [3.63, 3.8) is 0 Å². The van der Waals surface area contributed by atoms with Crippen LogP contribution in [0.15, 0.2) is 22.7 Å². The number of hydrogen-bond acceptors (Lipinski definition) is 6. The maximum absolute atomic E-state index is 5.69. The van der Waals surface area contributed by atoms with E-state index >= 15 is 0 Å². The average Bonchev–Trinajstić information content (AvgIpc) is 2.96. The van der Waals surface area contributed by atoms with Gasteiger partial charge in [0.1, 0.15) is 0 Å². The minimum Gasteiger partial charge on any atom is -0.493 e. The summed E-state index contributed by atoms with van der Waals surface area (Å²) < 4.78 is 16.1. The first-order valence-electron chi connectivity index (χ1n) is 7.44. The van der Waals surface area contributed by atoms with Crippen molar-refractivity contribution in [1.82, 2.24) is 15.5 Å². The van der Waals surface area contributed by atoms with Crippen LogP contribution in [-0.4, -0.2) is 23.3 Å². The van der Waals surface area contributed by atoms with Crippen LogP contribution in [0.4, 0.5) is 0 Å². The SMILES string of the molecule is CC[C@@H](C)NCc1ccc(OCc2nc(C)no2)c(OC)c1. The molecule has 1 aromatic heterocycles. The number of ether oxygens (including phenoxy) is 2. The number of benzene rings is 1. The smallest absolute Gasteiger partial charge is 0.264 e. The second-order valence-corrected chi connectivity index (χ2v) is 5.20. The summed E-state index contributed by atoms with van der Waals surface area (Å²) in [5.74, 6) is 2.39. The molecule has 22 heavy (non-hydrogen) atoms. The van der Waals surface area contributed by atoms with Gasteiger partial charge in [-0.1, -0.05) is 18.1 Å². The van der Waals surface area contributed by atoms with Crippen molar-refractivity contribution in [2.24, 2.45) is 0 Å². The lowest BCUT2D eigenvalue weighted by molar-refractivity contribution is 0.233. The first-order valence-corrected chi connectivity index (χ1v) is 7.44. The average molecular weight is 305 g/mol. The molecule has 0 fully saturated rings. The van der Waals surface area contributed by atoms with Crippen molar-refractivity contribution in [2.75, 3.05) is 7.11 Å². The van der Waals surface area contributed by atoms with Gasteiger partial charge in [0.05, 0.1) is 7.11 Å². The second-order valence-electron chi connectivity index (χ2n) is 5.20. The summed E-state index contributed by atoms with van der Waals surface area (Å²) in [6, 6.07) is 6.38. The molecule has 0 amide bonds. The Kier molecular flexibility index (Phi) is 5.77. The number of aromatic nitrogens is 2. The lowest BCUT2D eigenvalue weighted by Gasteiger charge is -2.14. The molecule has 2 rings (SSSR count). The van der Waals surface area contributed by atoms with Crippen molar-refractivity contribution in [2.45, 2.75) is 46.4 Å². The van der Waals surface area contributed by atoms with Crippen molar-refractivity contribution in [1.29, 1.82) is 0 Å². The van der Waals surface area contributed by atoms with Crippen LogP contribution in [0.3, 0.4) is 0 Å². The summed E-state index contributed by atoms with van der Waals surface area (Å²) in [7, 11) is 1.63. The van der Waals surface area contributed by atoms with Crippen molar-refractivity contribution >= 4 is 0 Å². The van der Waals surface area contributed by atoms with E-state index in [9.17, 15) is 0 Å². The third kappa shape index (κ3) is 4.46. The fourth-order valence-electron chi connectivity index (χ4n) is 1.92. The molecule has 120 valence electrons. The number of nitrogens with zero attached hydrogens (tertiary/aromatic N) is 2. The molecule has 0 saturated carbocycles. The van der Waals surface area contributed by atoms with Gasteiger partial charge >= 0.3 is 0 Å². The zero-order valence-electron chi connectivity index (χ0n) is 13.5. The van der Waals surface area contributed by atoms with Crippen LogP contribution in [0.2, 0.25) is 0 Å². The highest BCUT2D eigenvalue weighted by molar-refractivity contribution is 5.43. The molecule has 0 aliphatic heterocycles. The predicted octanol–water partition coefficient (Wildman–Crippen LogP) is 2.85. The van der Waals surface area contributed by atoms with E-state index in [1.54, 1.807) is 14.0 Å². The molecule has 0 bridgehead atoms. The highest BCUT2D eigenvalue weighted by Gasteiger charge is 2.09. The highest BCUT2D eigenvalue weighted by Crippen LogP contribution is 2.28. The molecule has 1 aromatic carbocycles. The third-order valence-corrected chi connectivity index (χ3v) is 3.42. The lowest BCUT2D eigenvalue weighted by Crippen LogP contribution is -2.24. The largest absolute Gasteiger partial charge is 0.493 e. The van der Waals surface area contributed by atoms with Gasteiger partial charge in [-0.25, -0.2) is 0 Å². The molecule has 0 aliphatic rings. The molecular weight excluding hydrogens is 282 g/mol. The summed E-state index contributed by atoms with van der Waals surface area (Å²) in [6.07, 6.45) is 1.10. The molecule has 6 heteroatoms. The molecular formula is C16H23N3O3. The Morgan fingerprint density at radius 1 is 1.32 bits per heavy atom. The van der Waals surface area contributed by atoms with E-state index in [4.69, 9.17) is 14.0 Å². The van der Waals surface area contributed by atoms with Crippen molar-refractivity contribution in [3.8, 4) is 11.5 Å². The summed E-state index contributed by atoms with van der Waals surface area (Å²) in [5.41, 5.74) is 1.15. The Morgan fingerprint density at radius 3 is 2.77 bits per heavy atom. The van der Waals surface area contributed by atoms with E-state index in [0.717, 1.165) is 18.5 Å². The molecule has 2 aromatic rings. The van der Waals surface area contributed by atoms with E-state index < -0.39 is 0 Å². The summed E-state index contributed by atoms with van der Waals surface area (Å²) in [6.45, 7) is 7.12. The second kappa shape index (κ2) is 7.79. The van der Waals surface area contributed by atoms with Crippen LogP contribution in [0.5, 0.6) is 11.5 Å². The van der Waals surface area contributed by atoms with Crippen LogP contribution in [0.25, 0.3) is 0 Å². The molecule has 1 N–H and O–H groups in total. The number of rotatable bonds is 8. The van der Waals surface area contributed by atoms with Crippen LogP contribution in [-0.2, 0) is 13.2 Å². The lowest BCUT2D eigenvalue weighted by atomic mass is 10.1. The van der Waals surface area contributed by atoms with Crippen LogP contribution in [0, 0.1) is 6.92 Å². The van der Waals surface area contributed by atoms with Gasteiger partial charge in [-0.05, 0) is 38.0 Å². The van der Waals surface area contributed by atoms with E-state index in [0.29, 0.717) is 29.3 Å². The van der Waals surface area contributed by atoms with Crippen LogP contribution < -0.4 is 14.8 Å². The molecule has 0 saturated heterocycles. The quantitative estimate of drug-likeness (QED) is 0.808. The highest BCUT2D eigenvalue weighted by atomic mass is 16.5. The van der Waals surface area contributed by atoms with E-state index in [1.807, 2.05) is 18.2 Å². The zero-order valence-corrected chi connectivity index (χ0v) is 13.5. The Bertz CT molecular complexity index is 598. The normalized spacial score (nSPS) is 12.2. The molecule has 0 aliphatic carbocycles. The van der Waals surface area contributed by atoms with Gasteiger partial charge < -0.3 is 19.3 Å². The van der Waals surface area contributed by atoms with Gasteiger partial charge in [0.15, 0.2) is 23.9 Å². The first-order chi connectivity index (χ1) is 10.6. The van der Waals surface area contributed by atoms with E-state index in [2.05, 4.69) is 29.3 Å². The summed E-state index contributed by atoms with van der Waals surface area (Å²) in [4.78, 5) is 4.10. The van der Waals surface area contributed by atoms with Crippen molar-refractivity contribution < 1.29 is 14.0 Å². The Balaban J connectivity index is 1.99. The maximum atomic E-state index is 5.69. The number of methoxy groups -OCH3 is 1. The molecule has 6 nitrogen and oxygen atoms in total. The number of nitrogens with one attached hydrogen (secondary N) is 1. The molecule has 0 radical (unpaired) electrons. The standard InChI is InChI=1S/C16H23N3O3/c1-5-11(2)17-9-13-6-7-14(15(8-13)20-4)21-10-16-18-12(3)19-22-16/h6-8,11,17H,5,9-10H2,1-4H3/t11-/m1/s1. The Morgan fingerprint density at radius 2 is 2.14 bits per heavy atom. The first kappa shape index (κ1) is 16.3. The van der Waals surface area contributed by atoms with Gasteiger partial charge in [0, 0.05) is 12.6 Å². The van der Waals surface area contributed by atoms with Crippen LogP contribution in [0.1, 0.15) is 37.5 Å². The van der Waals surface area contributed by atoms with E-state index in [-0.39, 0.29) is 6.61 Å². The molecule has 0 unspecified atom stereocenters. The fraction of sp³-hybridized carbons (Fsp3) is 0.500. The minimum atomic E-state index is 0.224. The number of aryl methyl sites for hydroxylation is 1. The van der Waals surface area contributed by atoms with Gasteiger partial charge in [-0.2, -0.15) is 4.98 Å².